The van der Waals surface area contributed by atoms with Crippen molar-refractivity contribution in [2.45, 2.75) is 64.4 Å². The van der Waals surface area contributed by atoms with Crippen LogP contribution in [-0.2, 0) is 6.42 Å². The van der Waals surface area contributed by atoms with Gasteiger partial charge in [-0.05, 0) is 84.0 Å². The zero-order valence-corrected chi connectivity index (χ0v) is 20.0. The molecule has 2 aliphatic rings. The zero-order valence-electron chi connectivity index (χ0n) is 20.0. The molecule has 1 heterocycles. The third-order valence-corrected chi connectivity index (χ3v) is 6.95. The first-order valence-corrected chi connectivity index (χ1v) is 12.4. The molecule has 2 unspecified atom stereocenters. The molecule has 2 atom stereocenters. The molecular formula is C30H34O3. The van der Waals surface area contributed by atoms with Gasteiger partial charge in [0.15, 0.2) is 11.5 Å². The Morgan fingerprint density at radius 3 is 2.24 bits per heavy atom. The molecule has 172 valence electrons. The summed E-state index contributed by atoms with van der Waals surface area (Å²) in [6.07, 6.45) is 4.85. The second-order valence-corrected chi connectivity index (χ2v) is 9.59. The fraction of sp³-hybridized carbons (Fsp3) is 0.400. The van der Waals surface area contributed by atoms with Gasteiger partial charge in [-0.3, -0.25) is 0 Å². The molecule has 3 aromatic rings. The maximum absolute atomic E-state index is 6.26. The fourth-order valence-corrected chi connectivity index (χ4v) is 4.44. The molecule has 1 aliphatic heterocycles. The number of fused-ring (bicyclic) bond motifs is 1. The second-order valence-electron chi connectivity index (χ2n) is 9.59. The van der Waals surface area contributed by atoms with Crippen molar-refractivity contribution < 1.29 is 14.2 Å². The fourth-order valence-electron chi connectivity index (χ4n) is 4.44. The van der Waals surface area contributed by atoms with Gasteiger partial charge >= 0.3 is 0 Å². The van der Waals surface area contributed by atoms with Crippen LogP contribution in [0.15, 0.2) is 60.7 Å². The van der Waals surface area contributed by atoms with Crippen molar-refractivity contribution in [1.29, 1.82) is 0 Å². The van der Waals surface area contributed by atoms with Crippen LogP contribution in [0.4, 0.5) is 0 Å². The van der Waals surface area contributed by atoms with Gasteiger partial charge in [-0.25, -0.2) is 0 Å². The van der Waals surface area contributed by atoms with Crippen LogP contribution in [0.3, 0.4) is 0 Å². The normalized spacial score (nSPS) is 16.8. The van der Waals surface area contributed by atoms with E-state index < -0.39 is 0 Å². The first-order valence-electron chi connectivity index (χ1n) is 12.4. The van der Waals surface area contributed by atoms with E-state index in [2.05, 4.69) is 75.4 Å². The van der Waals surface area contributed by atoms with E-state index in [1.54, 1.807) is 0 Å². The van der Waals surface area contributed by atoms with E-state index in [0.29, 0.717) is 31.2 Å². The molecule has 0 saturated heterocycles. The SMILES string of the molecule is CCC(C)c1ccc(OC2CC2)c(-c2ccc(CC(C)c3ccc4c(c3)OCCO4)cc2)c1. The maximum Gasteiger partial charge on any atom is 0.161 e. The number of benzene rings is 3. The highest BCUT2D eigenvalue weighted by Gasteiger charge is 2.25. The molecule has 1 aliphatic carbocycles. The molecule has 0 spiro atoms. The van der Waals surface area contributed by atoms with Crippen LogP contribution >= 0.6 is 0 Å². The van der Waals surface area contributed by atoms with Crippen LogP contribution in [0.2, 0.25) is 0 Å². The molecule has 0 N–H and O–H groups in total. The quantitative estimate of drug-likeness (QED) is 0.361. The highest BCUT2D eigenvalue weighted by atomic mass is 16.6. The van der Waals surface area contributed by atoms with Crippen LogP contribution in [0, 0.1) is 0 Å². The van der Waals surface area contributed by atoms with E-state index in [4.69, 9.17) is 14.2 Å². The Labute approximate surface area is 197 Å². The van der Waals surface area contributed by atoms with Gasteiger partial charge in [0.2, 0.25) is 0 Å². The van der Waals surface area contributed by atoms with Crippen molar-refractivity contribution in [3.05, 3.63) is 77.4 Å². The van der Waals surface area contributed by atoms with Gasteiger partial charge in [0, 0.05) is 5.56 Å². The number of rotatable bonds is 8. The highest BCUT2D eigenvalue weighted by Crippen LogP contribution is 2.38. The Morgan fingerprint density at radius 1 is 0.818 bits per heavy atom. The minimum absolute atomic E-state index is 0.393. The summed E-state index contributed by atoms with van der Waals surface area (Å²) in [5, 5.41) is 0. The molecular weight excluding hydrogens is 408 g/mol. The number of hydrogen-bond acceptors (Lipinski definition) is 3. The predicted molar refractivity (Wildman–Crippen MR) is 134 cm³/mol. The molecule has 0 bridgehead atoms. The molecule has 1 saturated carbocycles. The Hall–Kier alpha value is -2.94. The maximum atomic E-state index is 6.26. The van der Waals surface area contributed by atoms with Gasteiger partial charge in [0.1, 0.15) is 19.0 Å². The summed E-state index contributed by atoms with van der Waals surface area (Å²) >= 11 is 0. The van der Waals surface area contributed by atoms with Crippen molar-refractivity contribution in [3.8, 4) is 28.4 Å². The predicted octanol–water partition coefficient (Wildman–Crippen LogP) is 7.53. The largest absolute Gasteiger partial charge is 0.490 e. The number of hydrogen-bond donors (Lipinski definition) is 0. The monoisotopic (exact) mass is 442 g/mol. The molecule has 0 aromatic heterocycles. The molecule has 3 heteroatoms. The summed E-state index contributed by atoms with van der Waals surface area (Å²) in [6.45, 7) is 8.06. The summed E-state index contributed by atoms with van der Waals surface area (Å²) in [6, 6.07) is 22.1. The zero-order chi connectivity index (χ0) is 22.8. The Kier molecular flexibility index (Phi) is 6.30. The molecule has 5 rings (SSSR count). The van der Waals surface area contributed by atoms with E-state index in [-0.39, 0.29) is 0 Å². The van der Waals surface area contributed by atoms with E-state index in [9.17, 15) is 0 Å². The molecule has 0 radical (unpaired) electrons. The highest BCUT2D eigenvalue weighted by molar-refractivity contribution is 5.71. The van der Waals surface area contributed by atoms with Crippen LogP contribution in [0.5, 0.6) is 17.2 Å². The van der Waals surface area contributed by atoms with Crippen LogP contribution < -0.4 is 14.2 Å². The van der Waals surface area contributed by atoms with Gasteiger partial charge in [-0.15, -0.1) is 0 Å². The van der Waals surface area contributed by atoms with Gasteiger partial charge in [0.05, 0.1) is 6.10 Å². The van der Waals surface area contributed by atoms with Crippen LogP contribution in [0.1, 0.15) is 68.6 Å². The molecule has 3 nitrogen and oxygen atoms in total. The first-order chi connectivity index (χ1) is 16.1. The first kappa shape index (κ1) is 21.9. The Bertz CT molecular complexity index is 1100. The summed E-state index contributed by atoms with van der Waals surface area (Å²) in [5.74, 6) is 3.68. The molecule has 1 fully saturated rings. The Balaban J connectivity index is 1.35. The van der Waals surface area contributed by atoms with Gasteiger partial charge in [-0.1, -0.05) is 57.2 Å². The van der Waals surface area contributed by atoms with Crippen molar-refractivity contribution in [2.75, 3.05) is 13.2 Å². The Morgan fingerprint density at radius 2 is 1.52 bits per heavy atom. The van der Waals surface area contributed by atoms with Crippen molar-refractivity contribution in [1.82, 2.24) is 0 Å². The van der Waals surface area contributed by atoms with E-state index >= 15 is 0 Å². The minimum atomic E-state index is 0.393. The molecule has 0 amide bonds. The van der Waals surface area contributed by atoms with Crippen molar-refractivity contribution >= 4 is 0 Å². The van der Waals surface area contributed by atoms with Crippen LogP contribution in [-0.4, -0.2) is 19.3 Å². The molecule has 33 heavy (non-hydrogen) atoms. The van der Waals surface area contributed by atoms with E-state index in [1.165, 1.54) is 40.7 Å². The standard InChI is InChI=1S/C30H34O3/c1-4-20(2)24-9-13-28(33-26-11-12-26)27(18-24)23-7-5-22(6-8-23)17-21(3)25-10-14-29-30(19-25)32-16-15-31-29/h5-10,13-14,18-21,26H,4,11-12,15-17H2,1-3H3. The third-order valence-electron chi connectivity index (χ3n) is 6.95. The lowest BCUT2D eigenvalue weighted by Gasteiger charge is -2.21. The van der Waals surface area contributed by atoms with Gasteiger partial charge in [-0.2, -0.15) is 0 Å². The third kappa shape index (κ3) is 5.03. The summed E-state index contributed by atoms with van der Waals surface area (Å²) in [5.41, 5.74) is 6.44. The topological polar surface area (TPSA) is 27.7 Å². The van der Waals surface area contributed by atoms with Crippen LogP contribution in [0.25, 0.3) is 11.1 Å². The average Bonchev–Trinajstić information content (AvgIpc) is 3.68. The van der Waals surface area contributed by atoms with E-state index in [0.717, 1.165) is 30.1 Å². The lowest BCUT2D eigenvalue weighted by molar-refractivity contribution is 0.171. The second kappa shape index (κ2) is 9.51. The summed E-state index contributed by atoms with van der Waals surface area (Å²) in [7, 11) is 0. The summed E-state index contributed by atoms with van der Waals surface area (Å²) in [4.78, 5) is 0. The minimum Gasteiger partial charge on any atom is -0.490 e. The van der Waals surface area contributed by atoms with Crippen molar-refractivity contribution in [2.24, 2.45) is 0 Å². The van der Waals surface area contributed by atoms with Gasteiger partial charge in [0.25, 0.3) is 0 Å². The summed E-state index contributed by atoms with van der Waals surface area (Å²) < 4.78 is 17.7. The smallest absolute Gasteiger partial charge is 0.161 e. The van der Waals surface area contributed by atoms with E-state index in [1.807, 2.05) is 6.07 Å². The molecule has 3 aromatic carbocycles. The number of ether oxygens (including phenoxy) is 3. The average molecular weight is 443 g/mol. The lowest BCUT2D eigenvalue weighted by Crippen LogP contribution is -2.15. The van der Waals surface area contributed by atoms with Crippen molar-refractivity contribution in [3.63, 3.8) is 0 Å². The van der Waals surface area contributed by atoms with Gasteiger partial charge < -0.3 is 14.2 Å². The lowest BCUT2D eigenvalue weighted by atomic mass is 9.91.